The van der Waals surface area contributed by atoms with Crippen LogP contribution in [0, 0.1) is 13.8 Å². The number of nitrogens with one attached hydrogen (secondary N) is 1. The van der Waals surface area contributed by atoms with Gasteiger partial charge in [-0.2, -0.15) is 0 Å². The Morgan fingerprint density at radius 2 is 1.76 bits per heavy atom. The summed E-state index contributed by atoms with van der Waals surface area (Å²) in [5, 5.41) is 0. The third-order valence-electron chi connectivity index (χ3n) is 3.65. The molecule has 2 aromatic rings. The first kappa shape index (κ1) is 15.4. The molecule has 112 valence electrons. The number of ether oxygens (including phenoxy) is 2. The minimum Gasteiger partial charge on any atom is -0.493 e. The van der Waals surface area contributed by atoms with E-state index in [9.17, 15) is 0 Å². The van der Waals surface area contributed by atoms with E-state index >= 15 is 0 Å². The molecular weight excluding hydrogens is 264 g/mol. The third-order valence-corrected chi connectivity index (χ3v) is 3.65. The van der Waals surface area contributed by atoms with Crippen LogP contribution in [0.3, 0.4) is 0 Å². The molecule has 21 heavy (non-hydrogen) atoms. The summed E-state index contributed by atoms with van der Waals surface area (Å²) in [6, 6.07) is 12.0. The van der Waals surface area contributed by atoms with Gasteiger partial charge in [0, 0.05) is 5.56 Å². The molecule has 0 bridgehead atoms. The van der Waals surface area contributed by atoms with E-state index in [-0.39, 0.29) is 6.04 Å². The Hall–Kier alpha value is -2.04. The summed E-state index contributed by atoms with van der Waals surface area (Å²) in [6.07, 6.45) is 0. The summed E-state index contributed by atoms with van der Waals surface area (Å²) >= 11 is 0. The van der Waals surface area contributed by atoms with Gasteiger partial charge in [-0.1, -0.05) is 35.9 Å². The number of nitrogens with two attached hydrogens (primary N) is 1. The van der Waals surface area contributed by atoms with Gasteiger partial charge >= 0.3 is 0 Å². The van der Waals surface area contributed by atoms with Crippen LogP contribution in [-0.2, 0) is 0 Å². The highest BCUT2D eigenvalue weighted by atomic mass is 16.5. The van der Waals surface area contributed by atoms with Crippen molar-refractivity contribution in [3.8, 4) is 11.5 Å². The van der Waals surface area contributed by atoms with Crippen LogP contribution in [0.5, 0.6) is 11.5 Å². The Balaban J connectivity index is 2.56. The van der Waals surface area contributed by atoms with Gasteiger partial charge in [0.1, 0.15) is 0 Å². The van der Waals surface area contributed by atoms with E-state index in [0.717, 1.165) is 11.1 Å². The fraction of sp³-hybridized carbons (Fsp3) is 0.294. The van der Waals surface area contributed by atoms with E-state index < -0.39 is 0 Å². The van der Waals surface area contributed by atoms with E-state index in [1.165, 1.54) is 11.1 Å². The second-order valence-corrected chi connectivity index (χ2v) is 5.04. The Labute approximate surface area is 125 Å². The molecule has 1 atom stereocenters. The smallest absolute Gasteiger partial charge is 0.165 e. The van der Waals surface area contributed by atoms with Gasteiger partial charge in [0.25, 0.3) is 0 Å². The quantitative estimate of drug-likeness (QED) is 0.655. The summed E-state index contributed by atoms with van der Waals surface area (Å²) in [4.78, 5) is 0. The fourth-order valence-electron chi connectivity index (χ4n) is 2.64. The van der Waals surface area contributed by atoms with Crippen LogP contribution in [-0.4, -0.2) is 14.2 Å². The monoisotopic (exact) mass is 286 g/mol. The predicted octanol–water partition coefficient (Wildman–Crippen LogP) is 2.87. The van der Waals surface area contributed by atoms with Crippen LogP contribution < -0.4 is 20.7 Å². The van der Waals surface area contributed by atoms with E-state index in [2.05, 4.69) is 37.5 Å². The number of rotatable bonds is 5. The number of hydrogen-bond acceptors (Lipinski definition) is 4. The summed E-state index contributed by atoms with van der Waals surface area (Å²) < 4.78 is 10.9. The van der Waals surface area contributed by atoms with E-state index in [4.69, 9.17) is 15.3 Å². The van der Waals surface area contributed by atoms with Crippen LogP contribution >= 0.6 is 0 Å². The summed E-state index contributed by atoms with van der Waals surface area (Å²) in [5.74, 6) is 7.20. The molecule has 0 amide bonds. The van der Waals surface area contributed by atoms with Crippen molar-refractivity contribution in [2.24, 2.45) is 5.84 Å². The summed E-state index contributed by atoms with van der Waals surface area (Å²) in [7, 11) is 3.26. The molecule has 0 aromatic heterocycles. The van der Waals surface area contributed by atoms with E-state index in [1.54, 1.807) is 14.2 Å². The molecule has 0 fully saturated rings. The summed E-state index contributed by atoms with van der Waals surface area (Å²) in [5.41, 5.74) is 7.37. The minimum absolute atomic E-state index is 0.157. The van der Waals surface area contributed by atoms with Crippen molar-refractivity contribution in [2.45, 2.75) is 19.9 Å². The molecule has 1 unspecified atom stereocenters. The lowest BCUT2D eigenvalue weighted by atomic mass is 9.93. The van der Waals surface area contributed by atoms with Gasteiger partial charge in [0.05, 0.1) is 20.3 Å². The zero-order valence-corrected chi connectivity index (χ0v) is 12.9. The molecule has 2 aromatic carbocycles. The lowest BCUT2D eigenvalue weighted by Crippen LogP contribution is -2.29. The Morgan fingerprint density at radius 1 is 1.00 bits per heavy atom. The molecule has 2 rings (SSSR count). The minimum atomic E-state index is -0.157. The Bertz CT molecular complexity index is 626. The SMILES string of the molecule is COc1cccc(C(NN)c2ccc(C)cc2C)c1OC. The van der Waals surface area contributed by atoms with Gasteiger partial charge in [-0.15, -0.1) is 0 Å². The molecule has 0 aliphatic carbocycles. The first-order chi connectivity index (χ1) is 10.1. The maximum absolute atomic E-state index is 5.81. The highest BCUT2D eigenvalue weighted by Gasteiger charge is 2.21. The van der Waals surface area contributed by atoms with Gasteiger partial charge in [-0.25, -0.2) is 5.43 Å². The average Bonchev–Trinajstić information content (AvgIpc) is 2.49. The molecule has 0 aliphatic rings. The lowest BCUT2D eigenvalue weighted by Gasteiger charge is -2.22. The highest BCUT2D eigenvalue weighted by Crippen LogP contribution is 2.37. The topological polar surface area (TPSA) is 56.5 Å². The van der Waals surface area contributed by atoms with Crippen molar-refractivity contribution in [1.82, 2.24) is 5.43 Å². The molecule has 0 spiro atoms. The van der Waals surface area contributed by atoms with Crippen molar-refractivity contribution in [1.29, 1.82) is 0 Å². The lowest BCUT2D eigenvalue weighted by molar-refractivity contribution is 0.349. The normalized spacial score (nSPS) is 12.0. The molecule has 3 N–H and O–H groups in total. The maximum atomic E-state index is 5.81. The molecule has 4 heteroatoms. The van der Waals surface area contributed by atoms with Crippen LogP contribution in [0.15, 0.2) is 36.4 Å². The van der Waals surface area contributed by atoms with Gasteiger partial charge < -0.3 is 9.47 Å². The second kappa shape index (κ2) is 6.61. The standard InChI is InChI=1S/C17H22N2O2/c1-11-8-9-13(12(2)10-11)16(19-18)14-6-5-7-15(20-3)17(14)21-4/h5-10,16,19H,18H2,1-4H3. The fourth-order valence-corrected chi connectivity index (χ4v) is 2.64. The number of benzene rings is 2. The number of para-hydroxylation sites is 1. The molecule has 0 aliphatic heterocycles. The van der Waals surface area contributed by atoms with Crippen LogP contribution in [0.1, 0.15) is 28.3 Å². The number of methoxy groups -OCH3 is 2. The van der Waals surface area contributed by atoms with Crippen LogP contribution in [0.4, 0.5) is 0 Å². The zero-order valence-electron chi connectivity index (χ0n) is 12.9. The van der Waals surface area contributed by atoms with Crippen LogP contribution in [0.25, 0.3) is 0 Å². The number of aryl methyl sites for hydroxylation is 2. The van der Waals surface area contributed by atoms with Crippen molar-refractivity contribution >= 4 is 0 Å². The van der Waals surface area contributed by atoms with Crippen LogP contribution in [0.2, 0.25) is 0 Å². The molecular formula is C17H22N2O2. The largest absolute Gasteiger partial charge is 0.493 e. The van der Waals surface area contributed by atoms with Gasteiger partial charge in [0.2, 0.25) is 0 Å². The van der Waals surface area contributed by atoms with Gasteiger partial charge in [0.15, 0.2) is 11.5 Å². The Kier molecular flexibility index (Phi) is 4.83. The number of hydrazine groups is 1. The first-order valence-corrected chi connectivity index (χ1v) is 6.86. The van der Waals surface area contributed by atoms with E-state index in [1.807, 2.05) is 18.2 Å². The van der Waals surface area contributed by atoms with Crippen molar-refractivity contribution in [3.63, 3.8) is 0 Å². The van der Waals surface area contributed by atoms with Crippen molar-refractivity contribution < 1.29 is 9.47 Å². The zero-order chi connectivity index (χ0) is 15.4. The van der Waals surface area contributed by atoms with Gasteiger partial charge in [-0.3, -0.25) is 5.84 Å². The average molecular weight is 286 g/mol. The molecule has 0 radical (unpaired) electrons. The van der Waals surface area contributed by atoms with Crippen molar-refractivity contribution in [3.05, 3.63) is 58.7 Å². The molecule has 0 heterocycles. The maximum Gasteiger partial charge on any atom is 0.165 e. The predicted molar refractivity (Wildman–Crippen MR) is 84.6 cm³/mol. The number of hydrogen-bond donors (Lipinski definition) is 2. The first-order valence-electron chi connectivity index (χ1n) is 6.86. The summed E-state index contributed by atoms with van der Waals surface area (Å²) in [6.45, 7) is 4.16. The molecule has 4 nitrogen and oxygen atoms in total. The molecule has 0 saturated carbocycles. The Morgan fingerprint density at radius 3 is 2.33 bits per heavy atom. The van der Waals surface area contributed by atoms with E-state index in [0.29, 0.717) is 11.5 Å². The van der Waals surface area contributed by atoms with Gasteiger partial charge in [-0.05, 0) is 31.0 Å². The third kappa shape index (κ3) is 3.01. The second-order valence-electron chi connectivity index (χ2n) is 5.04. The highest BCUT2D eigenvalue weighted by molar-refractivity contribution is 5.51. The molecule has 0 saturated heterocycles. The van der Waals surface area contributed by atoms with Crippen molar-refractivity contribution in [2.75, 3.05) is 14.2 Å².